The van der Waals surface area contributed by atoms with Crippen LogP contribution < -0.4 is 10.2 Å². The van der Waals surface area contributed by atoms with Crippen molar-refractivity contribution >= 4 is 49.7 Å². The number of aliphatic hydroxyl groups is 2. The quantitative estimate of drug-likeness (QED) is 0.496. The van der Waals surface area contributed by atoms with E-state index in [-0.39, 0.29) is 57.2 Å². The number of carbonyl (C=O) groups excluding carboxylic acids is 2. The van der Waals surface area contributed by atoms with Gasteiger partial charge in [0.05, 0.1) is 24.1 Å². The van der Waals surface area contributed by atoms with Crippen LogP contribution in [0.1, 0.15) is 13.8 Å². The third kappa shape index (κ3) is 23.0. The Hall–Kier alpha value is 0.743. The van der Waals surface area contributed by atoms with Crippen LogP contribution >= 0.6 is 0 Å². The van der Waals surface area contributed by atoms with Crippen LogP contribution in [0, 0.1) is 0 Å². The molecule has 14 heavy (non-hydrogen) atoms. The molecule has 2 unspecified atom stereocenters. The Kier molecular flexibility index (Phi) is 23.7. The number of carboxylic acid groups (broad SMARTS) is 2. The van der Waals surface area contributed by atoms with E-state index in [4.69, 9.17) is 10.2 Å². The zero-order chi connectivity index (χ0) is 10.3. The summed E-state index contributed by atoms with van der Waals surface area (Å²) in [5.74, 6) is -2.87. The first-order chi connectivity index (χ1) is 5.29. The van der Waals surface area contributed by atoms with E-state index in [1.165, 1.54) is 0 Å². The average molecular weight is 284 g/mol. The largest absolute Gasteiger partial charge is 2.00 e. The fourth-order valence-electron chi connectivity index (χ4n) is 0. The monoisotopic (exact) mass is 282 g/mol. The molecule has 0 saturated carbocycles. The van der Waals surface area contributed by atoms with E-state index in [0.717, 1.165) is 13.8 Å². The van der Waals surface area contributed by atoms with Crippen LogP contribution in [-0.4, -0.2) is 72.1 Å². The van der Waals surface area contributed by atoms with Crippen LogP contribution in [0.5, 0.6) is 0 Å². The number of hydrogen-bond donors (Lipinski definition) is 2. The van der Waals surface area contributed by atoms with Crippen molar-refractivity contribution in [3.05, 3.63) is 0 Å². The summed E-state index contributed by atoms with van der Waals surface area (Å²) < 4.78 is 0. The molecule has 0 aliphatic rings. The molecule has 0 saturated heterocycles. The Labute approximate surface area is 124 Å². The molecule has 0 amide bonds. The number of aliphatic hydroxyl groups excluding tert-OH is 2. The summed E-state index contributed by atoms with van der Waals surface area (Å²) in [6, 6.07) is 0. The van der Waals surface area contributed by atoms with Gasteiger partial charge in [-0.2, -0.15) is 0 Å². The smallest absolute Gasteiger partial charge is 0.547 e. The van der Waals surface area contributed by atoms with Gasteiger partial charge in [0.1, 0.15) is 0 Å². The number of aliphatic carboxylic acids is 2. The molecule has 0 radical (unpaired) electrons. The summed E-state index contributed by atoms with van der Waals surface area (Å²) >= 11 is 0. The molecular weight excluding hydrogens is 274 g/mol. The number of carbonyl (C=O) groups is 2. The van der Waals surface area contributed by atoms with Crippen molar-refractivity contribution in [1.29, 1.82) is 0 Å². The number of carboxylic acids is 2. The van der Waals surface area contributed by atoms with E-state index in [1.54, 1.807) is 0 Å². The molecular formula is C6H10CaO6Zn+2. The predicted octanol–water partition coefficient (Wildman–Crippen LogP) is -4.15. The zero-order valence-electron chi connectivity index (χ0n) is 8.10. The Morgan fingerprint density at radius 3 is 1.07 bits per heavy atom. The molecule has 72 valence electrons. The Balaban J connectivity index is -0.0000000625. The summed E-state index contributed by atoms with van der Waals surface area (Å²) in [6.07, 6.45) is -2.69. The van der Waals surface area contributed by atoms with Crippen LogP contribution in [0.15, 0.2) is 0 Å². The molecule has 2 N–H and O–H groups in total. The molecule has 0 fully saturated rings. The minimum absolute atomic E-state index is 0. The third-order valence-electron chi connectivity index (χ3n) is 0.682. The Bertz CT molecular complexity index is 142. The molecule has 0 heterocycles. The molecule has 0 aromatic carbocycles. The van der Waals surface area contributed by atoms with Gasteiger partial charge in [-0.15, -0.1) is 0 Å². The molecule has 0 spiro atoms. The van der Waals surface area contributed by atoms with E-state index in [2.05, 4.69) is 0 Å². The van der Waals surface area contributed by atoms with Crippen molar-refractivity contribution in [2.75, 3.05) is 0 Å². The van der Waals surface area contributed by atoms with Crippen molar-refractivity contribution in [3.8, 4) is 0 Å². The van der Waals surface area contributed by atoms with Crippen LogP contribution in [0.3, 0.4) is 0 Å². The van der Waals surface area contributed by atoms with Crippen LogP contribution in [-0.2, 0) is 29.1 Å². The van der Waals surface area contributed by atoms with Gasteiger partial charge in [-0.25, -0.2) is 0 Å². The summed E-state index contributed by atoms with van der Waals surface area (Å²) in [5.41, 5.74) is 0. The average Bonchev–Trinajstić information content (AvgIpc) is 1.88. The molecule has 8 heteroatoms. The molecule has 0 aliphatic carbocycles. The third-order valence-corrected chi connectivity index (χ3v) is 0.682. The van der Waals surface area contributed by atoms with Crippen molar-refractivity contribution < 1.29 is 49.5 Å². The maximum Gasteiger partial charge on any atom is 2.00 e. The summed E-state index contributed by atoms with van der Waals surface area (Å²) in [7, 11) is 0. The van der Waals surface area contributed by atoms with Crippen molar-refractivity contribution in [3.63, 3.8) is 0 Å². The number of rotatable bonds is 2. The molecule has 6 nitrogen and oxygen atoms in total. The standard InChI is InChI=1S/2C3H6O3.Ca.Zn/c2*1-2(4)3(5)6;;/h2*2,4H,1H3,(H,5,6);;/q;;2*+2/p-2. The first-order valence-electron chi connectivity index (χ1n) is 3.06. The minimum Gasteiger partial charge on any atom is -0.547 e. The van der Waals surface area contributed by atoms with E-state index in [0.29, 0.717) is 0 Å². The fraction of sp³-hybridized carbons (Fsp3) is 0.667. The van der Waals surface area contributed by atoms with E-state index in [1.807, 2.05) is 0 Å². The molecule has 2 atom stereocenters. The molecule has 0 aromatic heterocycles. The van der Waals surface area contributed by atoms with Gasteiger partial charge in [0.2, 0.25) is 0 Å². The SMILES string of the molecule is CC(O)C(=O)[O-].CC(O)C(=O)[O-].[Ca+2].[Zn+2]. The van der Waals surface area contributed by atoms with E-state index >= 15 is 0 Å². The van der Waals surface area contributed by atoms with Crippen LogP contribution in [0.4, 0.5) is 0 Å². The zero-order valence-corrected chi connectivity index (χ0v) is 13.3. The topological polar surface area (TPSA) is 121 Å². The molecule has 0 bridgehead atoms. The maximum atomic E-state index is 9.34. The molecule has 0 rings (SSSR count). The first-order valence-corrected chi connectivity index (χ1v) is 3.06. The summed E-state index contributed by atoms with van der Waals surface area (Å²) in [4.78, 5) is 18.7. The molecule has 0 aliphatic heterocycles. The van der Waals surface area contributed by atoms with Gasteiger partial charge in [0, 0.05) is 0 Å². The predicted molar refractivity (Wildman–Crippen MR) is 39.1 cm³/mol. The first kappa shape index (κ1) is 24.1. The second-order valence-electron chi connectivity index (χ2n) is 1.99. The summed E-state index contributed by atoms with van der Waals surface area (Å²) in [6.45, 7) is 2.27. The van der Waals surface area contributed by atoms with Crippen LogP contribution in [0.25, 0.3) is 0 Å². The van der Waals surface area contributed by atoms with Crippen LogP contribution in [0.2, 0.25) is 0 Å². The maximum absolute atomic E-state index is 9.34. The minimum atomic E-state index is -1.44. The van der Waals surface area contributed by atoms with E-state index in [9.17, 15) is 19.8 Å². The van der Waals surface area contributed by atoms with E-state index < -0.39 is 24.1 Å². The fourth-order valence-corrected chi connectivity index (χ4v) is 0. The molecule has 0 aromatic rings. The van der Waals surface area contributed by atoms with Crippen molar-refractivity contribution in [2.45, 2.75) is 26.1 Å². The Morgan fingerprint density at radius 2 is 1.07 bits per heavy atom. The Morgan fingerprint density at radius 1 is 1.00 bits per heavy atom. The summed E-state index contributed by atoms with van der Waals surface area (Å²) in [5, 5.41) is 34.6. The van der Waals surface area contributed by atoms with Gasteiger partial charge in [0.25, 0.3) is 0 Å². The van der Waals surface area contributed by atoms with Gasteiger partial charge in [-0.1, -0.05) is 0 Å². The van der Waals surface area contributed by atoms with Gasteiger partial charge < -0.3 is 30.0 Å². The number of hydrogen-bond acceptors (Lipinski definition) is 6. The van der Waals surface area contributed by atoms with Gasteiger partial charge in [-0.3, -0.25) is 0 Å². The van der Waals surface area contributed by atoms with Crippen molar-refractivity contribution in [1.82, 2.24) is 0 Å². The van der Waals surface area contributed by atoms with Gasteiger partial charge in [-0.05, 0) is 13.8 Å². The normalized spacial score (nSPS) is 11.7. The van der Waals surface area contributed by atoms with Gasteiger partial charge >= 0.3 is 57.2 Å². The second kappa shape index (κ2) is 13.7. The van der Waals surface area contributed by atoms with Crippen molar-refractivity contribution in [2.24, 2.45) is 0 Å². The van der Waals surface area contributed by atoms with Gasteiger partial charge in [0.15, 0.2) is 0 Å². The second-order valence-corrected chi connectivity index (χ2v) is 1.99.